The van der Waals surface area contributed by atoms with E-state index in [9.17, 15) is 0 Å². The number of aryl methyl sites for hydroxylation is 2. The van der Waals surface area contributed by atoms with Gasteiger partial charge in [-0.15, -0.1) is 0 Å². The fraction of sp³-hybridized carbons (Fsp3) is 0.304. The molecule has 284 valence electrons. The summed E-state index contributed by atoms with van der Waals surface area (Å²) in [7, 11) is 0. The molecule has 2 aliphatic heterocycles. The molecule has 0 N–H and O–H groups in total. The van der Waals surface area contributed by atoms with Crippen LogP contribution >= 0.6 is 0 Å². The Hall–Kier alpha value is -4.21. The second-order valence-electron chi connectivity index (χ2n) is 15.1. The van der Waals surface area contributed by atoms with Gasteiger partial charge in [-0.25, -0.2) is 0 Å². The van der Waals surface area contributed by atoms with Gasteiger partial charge in [-0.1, -0.05) is 0 Å². The van der Waals surface area contributed by atoms with Gasteiger partial charge in [0.05, 0.1) is 0 Å². The predicted molar refractivity (Wildman–Crippen MR) is 210 cm³/mol. The van der Waals surface area contributed by atoms with Crippen LogP contribution in [-0.2, 0) is 26.1 Å². The minimum atomic E-state index is -5.11. The van der Waals surface area contributed by atoms with Crippen LogP contribution in [0, 0.1) is 37.1 Å². The number of allylic oxidation sites excluding steroid dienone is 8. The average molecular weight is 783 g/mol. The van der Waals surface area contributed by atoms with Crippen LogP contribution in [0.2, 0.25) is 8.45 Å². The molecule has 0 spiro atoms. The van der Waals surface area contributed by atoms with Gasteiger partial charge in [-0.05, 0) is 0 Å². The van der Waals surface area contributed by atoms with Crippen LogP contribution in [0.25, 0.3) is 0 Å². The molecule has 0 saturated carbocycles. The molecule has 4 aromatic rings. The summed E-state index contributed by atoms with van der Waals surface area (Å²) in [6.45, 7) is 5.87. The molecule has 55 heavy (non-hydrogen) atoms. The summed E-state index contributed by atoms with van der Waals surface area (Å²) in [5.74, 6) is -3.19. The van der Waals surface area contributed by atoms with Crippen molar-refractivity contribution in [3.63, 3.8) is 0 Å². The first-order chi connectivity index (χ1) is 26.8. The number of hydrogen-bond donors (Lipinski definition) is 0. The van der Waals surface area contributed by atoms with E-state index in [1.165, 1.54) is 24.3 Å². The zero-order valence-corrected chi connectivity index (χ0v) is 32.8. The van der Waals surface area contributed by atoms with Crippen LogP contribution in [0.1, 0.15) is 36.8 Å². The molecule has 4 aliphatic rings. The Balaban J connectivity index is 1.38. The molecule has 0 aromatic heterocycles. The Labute approximate surface area is 324 Å². The summed E-state index contributed by atoms with van der Waals surface area (Å²) in [4.78, 5) is 3.68. The van der Waals surface area contributed by atoms with Gasteiger partial charge in [-0.2, -0.15) is 0 Å². The molecule has 0 amide bonds. The van der Waals surface area contributed by atoms with Gasteiger partial charge < -0.3 is 0 Å². The van der Waals surface area contributed by atoms with Crippen LogP contribution < -0.4 is 17.5 Å². The van der Waals surface area contributed by atoms with E-state index in [0.29, 0.717) is 26.3 Å². The molecular weight excluding hydrogens is 736 g/mol. The van der Waals surface area contributed by atoms with E-state index < -0.39 is 48.3 Å². The van der Waals surface area contributed by atoms with Crippen LogP contribution in [0.5, 0.6) is 0 Å². The third kappa shape index (κ3) is 7.19. The molecule has 2 fully saturated rings. The third-order valence-corrected chi connectivity index (χ3v) is 20.1. The Morgan fingerprint density at radius 1 is 0.545 bits per heavy atom. The number of ether oxygens (including phenoxy) is 2. The van der Waals surface area contributed by atoms with Crippen LogP contribution in [-0.4, -0.2) is 38.5 Å². The molecule has 4 aromatic carbocycles. The first kappa shape index (κ1) is 37.7. The van der Waals surface area contributed by atoms with E-state index in [0.717, 1.165) is 48.2 Å². The van der Waals surface area contributed by atoms with Crippen molar-refractivity contribution in [1.82, 2.24) is 0 Å². The van der Waals surface area contributed by atoms with Crippen molar-refractivity contribution in [2.45, 2.75) is 60.2 Å². The maximum atomic E-state index is 18.2. The molecule has 2 atom stereocenters. The molecule has 2 aliphatic carbocycles. The van der Waals surface area contributed by atoms with Crippen LogP contribution in [0.3, 0.4) is 0 Å². The molecule has 9 heteroatoms. The Morgan fingerprint density at radius 3 is 1.27 bits per heavy atom. The zero-order valence-electron chi connectivity index (χ0n) is 31.2. The number of nitrogens with zero attached hydrogens (tertiary/aromatic N) is 2. The average Bonchev–Trinajstić information content (AvgIpc) is 4.03. The van der Waals surface area contributed by atoms with Crippen molar-refractivity contribution < 1.29 is 43.6 Å². The van der Waals surface area contributed by atoms with Crippen molar-refractivity contribution in [3.05, 3.63) is 156 Å². The van der Waals surface area contributed by atoms with Crippen LogP contribution in [0.15, 0.2) is 121 Å². The number of halogens is 4. The van der Waals surface area contributed by atoms with Gasteiger partial charge in [0.15, 0.2) is 0 Å². The molecule has 4 nitrogen and oxygen atoms in total. The molecule has 8 rings (SSSR count). The van der Waals surface area contributed by atoms with Crippen molar-refractivity contribution in [1.29, 1.82) is 0 Å². The summed E-state index contributed by atoms with van der Waals surface area (Å²) in [6.07, 6.45) is 17.8. The molecule has 0 bridgehead atoms. The Morgan fingerprint density at radius 2 is 0.927 bits per heavy atom. The van der Waals surface area contributed by atoms with E-state index in [1.54, 1.807) is 0 Å². The summed E-state index contributed by atoms with van der Waals surface area (Å²) in [5.41, 5.74) is 3.83. The normalized spacial score (nSPS) is 19.7. The van der Waals surface area contributed by atoms with Gasteiger partial charge in [0, 0.05) is 0 Å². The van der Waals surface area contributed by atoms with Gasteiger partial charge in [0.1, 0.15) is 0 Å². The second kappa shape index (κ2) is 16.1. The Bertz CT molecular complexity index is 1960. The molecule has 0 radical (unpaired) electrons. The van der Waals surface area contributed by atoms with Crippen molar-refractivity contribution in [2.75, 3.05) is 36.1 Å². The quantitative estimate of drug-likeness (QED) is 0.106. The van der Waals surface area contributed by atoms with E-state index in [-0.39, 0.29) is 31.3 Å². The number of benzene rings is 4. The zero-order chi connectivity index (χ0) is 38.1. The maximum absolute atomic E-state index is 18.2. The van der Waals surface area contributed by atoms with E-state index in [4.69, 9.17) is 9.47 Å². The summed E-state index contributed by atoms with van der Waals surface area (Å²) >= 11 is -5.11. The van der Waals surface area contributed by atoms with Crippen molar-refractivity contribution in [2.24, 2.45) is 0 Å². The molecule has 2 unspecified atom stereocenters. The molecule has 2 heterocycles. The fourth-order valence-corrected chi connectivity index (χ4v) is 17.6. The van der Waals surface area contributed by atoms with Gasteiger partial charge in [0.2, 0.25) is 0 Å². The van der Waals surface area contributed by atoms with Gasteiger partial charge >= 0.3 is 326 Å². The monoisotopic (exact) mass is 782 g/mol. The van der Waals surface area contributed by atoms with E-state index >= 15 is 17.6 Å². The van der Waals surface area contributed by atoms with Crippen molar-refractivity contribution >= 4 is 30.5 Å². The number of anilines is 4. The van der Waals surface area contributed by atoms with E-state index in [1.807, 2.05) is 121 Å². The van der Waals surface area contributed by atoms with Crippen LogP contribution in [0.4, 0.5) is 40.3 Å². The standard InChI is InChI=1S/2C18H18F2NO.2C5H5.Ti/c2*1-13-4-7-15(8-5-13)21(12-16-3-2-10-22-16)18-9-6-14(19)11-17(18)20;2*1-2-4-5-3-1;/h2*4-9,16H,2-3,10,12H2,1H3;2*1-5H;. The first-order valence-corrected chi connectivity index (χ1v) is 22.7. The number of hydrogen-bond acceptors (Lipinski definition) is 4. The fourth-order valence-electron chi connectivity index (χ4n) is 8.86. The summed E-state index contributed by atoms with van der Waals surface area (Å²) in [6, 6.07) is 21.0. The molecule has 2 saturated heterocycles. The van der Waals surface area contributed by atoms with Gasteiger partial charge in [0.25, 0.3) is 0 Å². The number of rotatable bonds is 12. The second-order valence-corrected chi connectivity index (χ2v) is 21.5. The topological polar surface area (TPSA) is 24.9 Å². The Kier molecular flexibility index (Phi) is 11.0. The predicted octanol–water partition coefficient (Wildman–Crippen LogP) is 10.4. The minimum absolute atomic E-state index is 0.152. The summed E-state index contributed by atoms with van der Waals surface area (Å²) < 4.78 is 81.0. The third-order valence-electron chi connectivity index (χ3n) is 11.6. The van der Waals surface area contributed by atoms with Gasteiger partial charge in [-0.3, -0.25) is 0 Å². The molecular formula is C46H46F4N2O2Ti. The summed E-state index contributed by atoms with van der Waals surface area (Å²) in [5, 5.41) is 0. The SMILES string of the molecule is Cc1ccc(N(CC2CCCO2)c2ccc(F)[c]([Ti]([c]3c(F)ccc(N(CC4CCCO4)c4ccc(C)cc4)c3F)([CH]3C=CC=C3)[CH]3C=CC=C3)c2F)cc1. The van der Waals surface area contributed by atoms with Crippen molar-refractivity contribution in [3.8, 4) is 0 Å². The first-order valence-electron chi connectivity index (χ1n) is 19.3. The van der Waals surface area contributed by atoms with E-state index in [2.05, 4.69) is 0 Å².